The maximum absolute atomic E-state index is 11.8. The number of aromatic amines is 1. The Kier molecular flexibility index (Phi) is 4.15. The van der Waals surface area contributed by atoms with Gasteiger partial charge in [0.2, 0.25) is 0 Å². The number of aromatic nitrogens is 2. The van der Waals surface area contributed by atoms with Gasteiger partial charge in [0, 0.05) is 30.4 Å². The summed E-state index contributed by atoms with van der Waals surface area (Å²) >= 11 is 0. The molecule has 0 fully saturated rings. The van der Waals surface area contributed by atoms with Crippen LogP contribution in [0.15, 0.2) is 59.9 Å². The molecule has 8 nitrogen and oxygen atoms in total. The molecule has 0 unspecified atom stereocenters. The van der Waals surface area contributed by atoms with Crippen molar-refractivity contribution in [2.45, 2.75) is 19.9 Å². The van der Waals surface area contributed by atoms with Crippen molar-refractivity contribution < 1.29 is 13.6 Å². The van der Waals surface area contributed by atoms with Crippen molar-refractivity contribution in [3.8, 4) is 5.75 Å². The fourth-order valence-corrected chi connectivity index (χ4v) is 2.96. The number of nitrogens with one attached hydrogen (secondary N) is 1. The van der Waals surface area contributed by atoms with Crippen LogP contribution in [-0.4, -0.2) is 16.2 Å². The number of aryl methyl sites for hydroxylation is 2. The van der Waals surface area contributed by atoms with E-state index in [0.29, 0.717) is 47.4 Å². The highest BCUT2D eigenvalue weighted by atomic mass is 16.5. The van der Waals surface area contributed by atoms with Crippen LogP contribution >= 0.6 is 0 Å². The molecule has 4 rings (SSSR count). The van der Waals surface area contributed by atoms with Gasteiger partial charge in [0.05, 0.1) is 23.6 Å². The molecule has 3 aromatic heterocycles. The summed E-state index contributed by atoms with van der Waals surface area (Å²) < 4.78 is 18.0. The van der Waals surface area contributed by atoms with Gasteiger partial charge in [-0.25, -0.2) is 9.59 Å². The molecule has 1 N–H and O–H groups in total. The standard InChI is InChI=1S/C19H16N2O6/c1-11-10-21(19(24)20-18(11)23)6-2-7-26-17-12-3-4-16(22)27-15(12)9-14-13(17)5-8-25-14/h3-5,8-10H,2,6-7H2,1H3,(H,20,23,24). The van der Waals surface area contributed by atoms with E-state index in [1.165, 1.54) is 23.1 Å². The van der Waals surface area contributed by atoms with E-state index < -0.39 is 11.3 Å². The van der Waals surface area contributed by atoms with E-state index in [-0.39, 0.29) is 5.56 Å². The number of hydrogen-bond acceptors (Lipinski definition) is 6. The number of furan rings is 1. The lowest BCUT2D eigenvalue weighted by Gasteiger charge is -2.11. The van der Waals surface area contributed by atoms with E-state index in [0.717, 1.165) is 5.39 Å². The van der Waals surface area contributed by atoms with Crippen molar-refractivity contribution in [1.82, 2.24) is 9.55 Å². The van der Waals surface area contributed by atoms with E-state index in [1.54, 1.807) is 25.1 Å². The molecule has 0 saturated carbocycles. The molecule has 0 aliphatic rings. The highest BCUT2D eigenvalue weighted by Gasteiger charge is 2.13. The van der Waals surface area contributed by atoms with Crippen molar-refractivity contribution in [1.29, 1.82) is 0 Å². The van der Waals surface area contributed by atoms with Gasteiger partial charge in [0.15, 0.2) is 0 Å². The van der Waals surface area contributed by atoms with Gasteiger partial charge in [0.1, 0.15) is 16.9 Å². The maximum atomic E-state index is 11.8. The topological polar surface area (TPSA) is 107 Å². The normalized spacial score (nSPS) is 11.3. The van der Waals surface area contributed by atoms with Gasteiger partial charge in [-0.1, -0.05) is 0 Å². The number of fused-ring (bicyclic) bond motifs is 2. The lowest BCUT2D eigenvalue weighted by molar-refractivity contribution is 0.306. The summed E-state index contributed by atoms with van der Waals surface area (Å²) in [6.45, 7) is 2.36. The average Bonchev–Trinajstić information content (AvgIpc) is 3.09. The Balaban J connectivity index is 1.57. The molecule has 138 valence electrons. The summed E-state index contributed by atoms with van der Waals surface area (Å²) in [5, 5.41) is 1.44. The maximum Gasteiger partial charge on any atom is 0.336 e. The van der Waals surface area contributed by atoms with Crippen LogP contribution < -0.4 is 21.6 Å². The van der Waals surface area contributed by atoms with Gasteiger partial charge >= 0.3 is 11.3 Å². The minimum atomic E-state index is -0.452. The number of hydrogen-bond donors (Lipinski definition) is 1. The summed E-state index contributed by atoms with van der Waals surface area (Å²) in [5.41, 5.74) is 0.125. The quantitative estimate of drug-likeness (QED) is 0.427. The van der Waals surface area contributed by atoms with Crippen LogP contribution in [0, 0.1) is 6.92 Å². The molecule has 4 aromatic rings. The summed E-state index contributed by atoms with van der Waals surface area (Å²) in [6.07, 6.45) is 3.61. The molecule has 0 saturated heterocycles. The van der Waals surface area contributed by atoms with E-state index in [2.05, 4.69) is 4.98 Å². The molecule has 0 aliphatic heterocycles. The van der Waals surface area contributed by atoms with Crippen molar-refractivity contribution in [3.63, 3.8) is 0 Å². The van der Waals surface area contributed by atoms with Crippen molar-refractivity contribution in [3.05, 3.63) is 73.5 Å². The summed E-state index contributed by atoms with van der Waals surface area (Å²) in [7, 11) is 0. The lowest BCUT2D eigenvalue weighted by Crippen LogP contribution is -2.31. The molecular formula is C19H16N2O6. The van der Waals surface area contributed by atoms with Crippen LogP contribution in [0.4, 0.5) is 0 Å². The summed E-state index contributed by atoms with van der Waals surface area (Å²) in [4.78, 5) is 37.0. The second-order valence-corrected chi connectivity index (χ2v) is 6.17. The number of nitrogens with zero attached hydrogens (tertiary/aromatic N) is 1. The Morgan fingerprint density at radius 1 is 1.11 bits per heavy atom. The molecule has 8 heteroatoms. The zero-order valence-electron chi connectivity index (χ0n) is 14.5. The van der Waals surface area contributed by atoms with Crippen LogP contribution in [0.2, 0.25) is 0 Å². The zero-order valence-corrected chi connectivity index (χ0v) is 14.5. The lowest BCUT2D eigenvalue weighted by atomic mass is 10.1. The Morgan fingerprint density at radius 2 is 1.93 bits per heavy atom. The molecule has 0 spiro atoms. The fraction of sp³-hybridized carbons (Fsp3) is 0.211. The molecule has 0 bridgehead atoms. The van der Waals surface area contributed by atoms with Crippen LogP contribution in [0.3, 0.4) is 0 Å². The Hall–Kier alpha value is -3.55. The third-order valence-corrected chi connectivity index (χ3v) is 4.29. The number of ether oxygens (including phenoxy) is 1. The van der Waals surface area contributed by atoms with Gasteiger partial charge in [-0.05, 0) is 25.5 Å². The second-order valence-electron chi connectivity index (χ2n) is 6.17. The highest BCUT2D eigenvalue weighted by molar-refractivity contribution is 6.01. The Bertz CT molecular complexity index is 1310. The average molecular weight is 368 g/mol. The third-order valence-electron chi connectivity index (χ3n) is 4.29. The van der Waals surface area contributed by atoms with Gasteiger partial charge in [0.25, 0.3) is 5.56 Å². The van der Waals surface area contributed by atoms with Crippen LogP contribution in [0.5, 0.6) is 5.75 Å². The summed E-state index contributed by atoms with van der Waals surface area (Å²) in [6, 6.07) is 6.43. The minimum absolute atomic E-state index is 0.323. The van der Waals surface area contributed by atoms with E-state index in [9.17, 15) is 14.4 Å². The van der Waals surface area contributed by atoms with Crippen molar-refractivity contribution >= 4 is 21.9 Å². The van der Waals surface area contributed by atoms with Crippen molar-refractivity contribution in [2.75, 3.05) is 6.61 Å². The van der Waals surface area contributed by atoms with Gasteiger partial charge in [-0.3, -0.25) is 9.78 Å². The van der Waals surface area contributed by atoms with Gasteiger partial charge < -0.3 is 18.1 Å². The molecule has 0 atom stereocenters. The number of H-pyrrole nitrogens is 1. The van der Waals surface area contributed by atoms with Gasteiger partial charge in [-0.2, -0.15) is 0 Å². The molecular weight excluding hydrogens is 352 g/mol. The second kappa shape index (κ2) is 6.64. The monoisotopic (exact) mass is 368 g/mol. The molecule has 1 aromatic carbocycles. The molecule has 27 heavy (non-hydrogen) atoms. The summed E-state index contributed by atoms with van der Waals surface area (Å²) in [5.74, 6) is 0.560. The van der Waals surface area contributed by atoms with Crippen molar-refractivity contribution in [2.24, 2.45) is 0 Å². The van der Waals surface area contributed by atoms with E-state index in [1.807, 2.05) is 0 Å². The number of rotatable bonds is 5. The molecule has 3 heterocycles. The van der Waals surface area contributed by atoms with Crippen LogP contribution in [0.25, 0.3) is 21.9 Å². The Morgan fingerprint density at radius 3 is 2.78 bits per heavy atom. The SMILES string of the molecule is Cc1cn(CCCOc2c3ccoc3cc3oc(=O)ccc23)c(=O)[nH]c1=O. The smallest absolute Gasteiger partial charge is 0.336 e. The number of benzene rings is 1. The molecule has 0 radical (unpaired) electrons. The highest BCUT2D eigenvalue weighted by Crippen LogP contribution is 2.35. The first-order valence-electron chi connectivity index (χ1n) is 8.40. The van der Waals surface area contributed by atoms with Gasteiger partial charge in [-0.15, -0.1) is 0 Å². The Labute approximate surface area is 151 Å². The zero-order chi connectivity index (χ0) is 19.0. The van der Waals surface area contributed by atoms with E-state index >= 15 is 0 Å². The predicted octanol–water partition coefficient (Wildman–Crippen LogP) is 2.17. The third kappa shape index (κ3) is 3.17. The van der Waals surface area contributed by atoms with Crippen LogP contribution in [0.1, 0.15) is 12.0 Å². The largest absolute Gasteiger partial charge is 0.492 e. The fourth-order valence-electron chi connectivity index (χ4n) is 2.96. The first kappa shape index (κ1) is 16.9. The molecule has 0 aliphatic carbocycles. The van der Waals surface area contributed by atoms with Crippen LogP contribution in [-0.2, 0) is 6.54 Å². The molecule has 0 amide bonds. The first-order chi connectivity index (χ1) is 13.0. The van der Waals surface area contributed by atoms with E-state index in [4.69, 9.17) is 13.6 Å². The predicted molar refractivity (Wildman–Crippen MR) is 98.4 cm³/mol. The first-order valence-corrected chi connectivity index (χ1v) is 8.40. The minimum Gasteiger partial charge on any atom is -0.492 e.